The summed E-state index contributed by atoms with van der Waals surface area (Å²) in [7, 11) is 0. The summed E-state index contributed by atoms with van der Waals surface area (Å²) in [5, 5.41) is 3.04. The SMILES string of the molecule is N[C@H]1CC[C@H]2NC(=O)CC[C@H]2C1. The number of nitrogens with two attached hydrogens (primary N) is 1. The van der Waals surface area contributed by atoms with Crippen molar-refractivity contribution in [2.24, 2.45) is 11.7 Å². The molecule has 2 rings (SSSR count). The van der Waals surface area contributed by atoms with Gasteiger partial charge < -0.3 is 11.1 Å². The van der Waals surface area contributed by atoms with Gasteiger partial charge in [-0.2, -0.15) is 0 Å². The quantitative estimate of drug-likeness (QED) is 0.550. The first kappa shape index (κ1) is 8.05. The highest BCUT2D eigenvalue weighted by molar-refractivity contribution is 5.77. The molecule has 3 nitrogen and oxygen atoms in total. The van der Waals surface area contributed by atoms with E-state index in [4.69, 9.17) is 5.73 Å². The molecule has 0 aromatic heterocycles. The van der Waals surface area contributed by atoms with E-state index >= 15 is 0 Å². The summed E-state index contributed by atoms with van der Waals surface area (Å²) in [6.45, 7) is 0. The number of hydrogen-bond acceptors (Lipinski definition) is 2. The van der Waals surface area contributed by atoms with Crippen molar-refractivity contribution in [3.63, 3.8) is 0 Å². The molecule has 1 saturated heterocycles. The molecule has 0 spiro atoms. The molecule has 0 bridgehead atoms. The molecule has 3 heteroatoms. The van der Waals surface area contributed by atoms with Gasteiger partial charge in [0.1, 0.15) is 0 Å². The van der Waals surface area contributed by atoms with Gasteiger partial charge in [0, 0.05) is 18.5 Å². The second-order valence-corrected chi connectivity index (χ2v) is 4.05. The highest BCUT2D eigenvalue weighted by Crippen LogP contribution is 2.30. The molecule has 68 valence electrons. The minimum atomic E-state index is 0.228. The van der Waals surface area contributed by atoms with Crippen LogP contribution in [0.15, 0.2) is 0 Å². The summed E-state index contributed by atoms with van der Waals surface area (Å²) in [6.07, 6.45) is 5.00. The van der Waals surface area contributed by atoms with E-state index in [1.165, 1.54) is 0 Å². The van der Waals surface area contributed by atoms with E-state index in [1.807, 2.05) is 0 Å². The maximum Gasteiger partial charge on any atom is 0.220 e. The predicted octanol–water partition coefficient (Wildman–Crippen LogP) is 0.392. The largest absolute Gasteiger partial charge is 0.353 e. The molecule has 1 amide bonds. The first-order chi connectivity index (χ1) is 5.75. The molecule has 1 saturated carbocycles. The summed E-state index contributed by atoms with van der Waals surface area (Å²) >= 11 is 0. The van der Waals surface area contributed by atoms with Gasteiger partial charge in [0.25, 0.3) is 0 Å². The number of hydrogen-bond donors (Lipinski definition) is 2. The molecule has 1 heterocycles. The number of carbonyl (C=O) groups excluding carboxylic acids is 1. The van der Waals surface area contributed by atoms with Crippen LogP contribution in [-0.2, 0) is 4.79 Å². The van der Waals surface area contributed by atoms with Gasteiger partial charge in [-0.05, 0) is 31.6 Å². The lowest BCUT2D eigenvalue weighted by Crippen LogP contribution is -2.49. The Morgan fingerprint density at radius 1 is 1.33 bits per heavy atom. The summed E-state index contributed by atoms with van der Waals surface area (Å²) in [4.78, 5) is 11.1. The molecule has 12 heavy (non-hydrogen) atoms. The van der Waals surface area contributed by atoms with Gasteiger partial charge in [-0.1, -0.05) is 0 Å². The molecule has 2 fully saturated rings. The van der Waals surface area contributed by atoms with Crippen LogP contribution in [0.1, 0.15) is 32.1 Å². The van der Waals surface area contributed by atoms with Crippen LogP contribution in [-0.4, -0.2) is 18.0 Å². The lowest BCUT2D eigenvalue weighted by Gasteiger charge is -2.38. The molecule has 0 radical (unpaired) electrons. The summed E-state index contributed by atoms with van der Waals surface area (Å²) < 4.78 is 0. The zero-order valence-electron chi connectivity index (χ0n) is 7.25. The molecular formula is C9H16N2O. The summed E-state index contributed by atoms with van der Waals surface area (Å²) in [6, 6.07) is 0.812. The fourth-order valence-electron chi connectivity index (χ4n) is 2.40. The van der Waals surface area contributed by atoms with Gasteiger partial charge in [0.05, 0.1) is 0 Å². The van der Waals surface area contributed by atoms with Crippen LogP contribution < -0.4 is 11.1 Å². The Labute approximate surface area is 72.7 Å². The van der Waals surface area contributed by atoms with Crippen LogP contribution in [0.3, 0.4) is 0 Å². The molecule has 1 aliphatic heterocycles. The van der Waals surface area contributed by atoms with Gasteiger partial charge in [-0.25, -0.2) is 0 Å². The highest BCUT2D eigenvalue weighted by Gasteiger charge is 2.33. The van der Waals surface area contributed by atoms with E-state index in [-0.39, 0.29) is 5.91 Å². The first-order valence-electron chi connectivity index (χ1n) is 4.80. The van der Waals surface area contributed by atoms with E-state index in [1.54, 1.807) is 0 Å². The number of rotatable bonds is 0. The zero-order chi connectivity index (χ0) is 8.55. The van der Waals surface area contributed by atoms with Crippen LogP contribution in [0, 0.1) is 5.92 Å². The lowest BCUT2D eigenvalue weighted by molar-refractivity contribution is -0.124. The topological polar surface area (TPSA) is 55.1 Å². The Kier molecular flexibility index (Phi) is 2.05. The summed E-state index contributed by atoms with van der Waals surface area (Å²) in [5.74, 6) is 0.887. The monoisotopic (exact) mass is 168 g/mol. The van der Waals surface area contributed by atoms with Crippen LogP contribution in [0.4, 0.5) is 0 Å². The predicted molar refractivity (Wildman–Crippen MR) is 46.5 cm³/mol. The lowest BCUT2D eigenvalue weighted by atomic mass is 9.77. The third-order valence-corrected chi connectivity index (χ3v) is 3.11. The van der Waals surface area contributed by atoms with Crippen molar-refractivity contribution in [2.75, 3.05) is 0 Å². The van der Waals surface area contributed by atoms with E-state index < -0.39 is 0 Å². The van der Waals surface area contributed by atoms with Crippen LogP contribution >= 0.6 is 0 Å². The second kappa shape index (κ2) is 3.05. The minimum Gasteiger partial charge on any atom is -0.353 e. The van der Waals surface area contributed by atoms with Gasteiger partial charge in [-0.15, -0.1) is 0 Å². The van der Waals surface area contributed by atoms with Crippen molar-refractivity contribution in [3.05, 3.63) is 0 Å². The fraction of sp³-hybridized carbons (Fsp3) is 0.889. The molecule has 2 aliphatic rings. The Morgan fingerprint density at radius 2 is 2.17 bits per heavy atom. The smallest absolute Gasteiger partial charge is 0.220 e. The molecule has 3 atom stereocenters. The number of nitrogens with one attached hydrogen (secondary N) is 1. The van der Waals surface area contributed by atoms with Crippen LogP contribution in [0.5, 0.6) is 0 Å². The maximum atomic E-state index is 11.1. The Hall–Kier alpha value is -0.570. The normalized spacial score (nSPS) is 41.8. The average molecular weight is 168 g/mol. The summed E-state index contributed by atoms with van der Waals surface area (Å²) in [5.41, 5.74) is 5.86. The van der Waals surface area contributed by atoms with E-state index in [0.717, 1.165) is 25.7 Å². The number of amides is 1. The molecule has 0 aromatic carbocycles. The van der Waals surface area contributed by atoms with Crippen molar-refractivity contribution in [1.29, 1.82) is 0 Å². The van der Waals surface area contributed by atoms with Gasteiger partial charge in [0.15, 0.2) is 0 Å². The van der Waals surface area contributed by atoms with Gasteiger partial charge in [0.2, 0.25) is 5.91 Å². The average Bonchev–Trinajstić information content (AvgIpc) is 2.05. The number of piperidine rings is 1. The molecule has 3 N–H and O–H groups in total. The Balaban J connectivity index is 1.98. The van der Waals surface area contributed by atoms with Crippen LogP contribution in [0.2, 0.25) is 0 Å². The van der Waals surface area contributed by atoms with Crippen molar-refractivity contribution >= 4 is 5.91 Å². The van der Waals surface area contributed by atoms with E-state index in [0.29, 0.717) is 24.4 Å². The molecule has 0 aromatic rings. The number of fused-ring (bicyclic) bond motifs is 1. The van der Waals surface area contributed by atoms with Crippen molar-refractivity contribution in [2.45, 2.75) is 44.2 Å². The Morgan fingerprint density at radius 3 is 3.00 bits per heavy atom. The van der Waals surface area contributed by atoms with Gasteiger partial charge in [-0.3, -0.25) is 4.79 Å². The highest BCUT2D eigenvalue weighted by atomic mass is 16.1. The van der Waals surface area contributed by atoms with Crippen LogP contribution in [0.25, 0.3) is 0 Å². The maximum absolute atomic E-state index is 11.1. The molecule has 1 aliphatic carbocycles. The number of carbonyl (C=O) groups is 1. The third kappa shape index (κ3) is 1.46. The molecule has 0 unspecified atom stereocenters. The van der Waals surface area contributed by atoms with E-state index in [2.05, 4.69) is 5.32 Å². The fourth-order valence-corrected chi connectivity index (χ4v) is 2.40. The van der Waals surface area contributed by atoms with E-state index in [9.17, 15) is 4.79 Å². The first-order valence-corrected chi connectivity index (χ1v) is 4.80. The zero-order valence-corrected chi connectivity index (χ0v) is 7.25. The molecular weight excluding hydrogens is 152 g/mol. The standard InChI is InChI=1S/C9H16N2O/c10-7-2-3-8-6(5-7)1-4-9(12)11-8/h6-8H,1-5,10H2,(H,11,12)/t6-,7-,8+/m0/s1. The van der Waals surface area contributed by atoms with Crippen molar-refractivity contribution in [1.82, 2.24) is 5.32 Å². The third-order valence-electron chi connectivity index (χ3n) is 3.11. The van der Waals surface area contributed by atoms with Crippen molar-refractivity contribution < 1.29 is 4.79 Å². The van der Waals surface area contributed by atoms with Crippen molar-refractivity contribution in [3.8, 4) is 0 Å². The minimum absolute atomic E-state index is 0.228. The Bertz CT molecular complexity index is 193. The van der Waals surface area contributed by atoms with Gasteiger partial charge >= 0.3 is 0 Å². The second-order valence-electron chi connectivity index (χ2n) is 4.05.